The Morgan fingerprint density at radius 1 is 1.31 bits per heavy atom. The number of imidazole rings is 1. The molecule has 3 aliphatic rings. The van der Waals surface area contributed by atoms with E-state index in [1.807, 2.05) is 0 Å². The number of amidine groups is 1. The minimum absolute atomic E-state index is 0.0192. The van der Waals surface area contributed by atoms with Crippen molar-refractivity contribution in [3.63, 3.8) is 0 Å². The third-order valence-electron chi connectivity index (χ3n) is 7.74. The van der Waals surface area contributed by atoms with Crippen molar-refractivity contribution in [2.75, 3.05) is 13.3 Å². The van der Waals surface area contributed by atoms with E-state index in [2.05, 4.69) is 9.98 Å². The highest BCUT2D eigenvalue weighted by Gasteiger charge is 2.68. The predicted octanol–water partition coefficient (Wildman–Crippen LogP) is 3.36. The summed E-state index contributed by atoms with van der Waals surface area (Å²) in [4.78, 5) is 22.2. The first-order valence-electron chi connectivity index (χ1n) is 11.7. The van der Waals surface area contributed by atoms with Gasteiger partial charge in [-0.05, 0) is 49.6 Å². The molecule has 2 N–H and O–H groups in total. The highest BCUT2D eigenvalue weighted by atomic mass is 35.5. The van der Waals surface area contributed by atoms with Crippen molar-refractivity contribution in [2.45, 2.75) is 48.1 Å². The zero-order chi connectivity index (χ0) is 25.5. The number of alkyl halides is 1. The molecule has 0 amide bonds. The van der Waals surface area contributed by atoms with Crippen molar-refractivity contribution in [2.24, 2.45) is 10.7 Å². The van der Waals surface area contributed by atoms with E-state index >= 15 is 0 Å². The highest BCUT2D eigenvalue weighted by molar-refractivity contribution is 7.94. The maximum Gasteiger partial charge on any atom is 0.187 e. The fourth-order valence-corrected chi connectivity index (χ4v) is 8.51. The molecule has 6 rings (SSSR count). The number of ether oxygens (including phenoxy) is 1. The van der Waals surface area contributed by atoms with Crippen LogP contribution in [0.3, 0.4) is 0 Å². The van der Waals surface area contributed by atoms with E-state index < -0.39 is 32.0 Å². The zero-order valence-electron chi connectivity index (χ0n) is 19.5. The van der Waals surface area contributed by atoms with Crippen LogP contribution in [0.25, 0.3) is 5.65 Å². The Bertz CT molecular complexity index is 1580. The second-order valence-electron chi connectivity index (χ2n) is 9.77. The second-order valence-corrected chi connectivity index (χ2v) is 12.6. The Balaban J connectivity index is 1.42. The molecule has 8 nitrogen and oxygen atoms in total. The first-order valence-corrected chi connectivity index (χ1v) is 13.6. The number of aromatic nitrogens is 2. The summed E-state index contributed by atoms with van der Waals surface area (Å²) in [5, 5.41) is -0.573. The van der Waals surface area contributed by atoms with E-state index in [0.29, 0.717) is 51.8 Å². The third kappa shape index (κ3) is 3.10. The van der Waals surface area contributed by atoms with Crippen LogP contribution >= 0.6 is 11.6 Å². The molecule has 4 heterocycles. The summed E-state index contributed by atoms with van der Waals surface area (Å²) in [5.74, 6) is 0.0805. The van der Waals surface area contributed by atoms with Gasteiger partial charge in [-0.15, -0.1) is 0 Å². The molecule has 1 aromatic carbocycles. The predicted molar refractivity (Wildman–Crippen MR) is 133 cm³/mol. The Kier molecular flexibility index (Phi) is 5.05. The van der Waals surface area contributed by atoms with Crippen molar-refractivity contribution in [1.82, 2.24) is 9.38 Å². The fourth-order valence-electron chi connectivity index (χ4n) is 5.63. The number of aliphatic imine (C=N–C) groups is 1. The van der Waals surface area contributed by atoms with E-state index in [1.165, 1.54) is 0 Å². The number of nitrogens with two attached hydrogens (primary N) is 1. The average Bonchev–Trinajstić information content (AvgIpc) is 3.62. The molecular weight excluding hydrogens is 507 g/mol. The number of hydrogen-bond donors (Lipinski definition) is 1. The normalized spacial score (nSPS) is 25.4. The van der Waals surface area contributed by atoms with Crippen LogP contribution in [0.2, 0.25) is 5.02 Å². The number of carbonyl (C=O) groups excluding carboxylic acids is 1. The Morgan fingerprint density at radius 3 is 2.81 bits per heavy atom. The van der Waals surface area contributed by atoms with Crippen LogP contribution in [0, 0.1) is 6.92 Å². The van der Waals surface area contributed by atoms with Crippen LogP contribution in [0.5, 0.6) is 5.75 Å². The summed E-state index contributed by atoms with van der Waals surface area (Å²) in [6.07, 6.45) is 2.58. The number of aryl methyl sites for hydroxylation is 1. The zero-order valence-corrected chi connectivity index (χ0v) is 21.1. The molecule has 36 heavy (non-hydrogen) atoms. The summed E-state index contributed by atoms with van der Waals surface area (Å²) >= 11 is 6.09. The van der Waals surface area contributed by atoms with Crippen LogP contribution in [-0.4, -0.2) is 52.7 Å². The number of ketones is 1. The number of sulfone groups is 1. The molecule has 2 unspecified atom stereocenters. The van der Waals surface area contributed by atoms with Gasteiger partial charge in [-0.1, -0.05) is 17.7 Å². The van der Waals surface area contributed by atoms with Crippen LogP contribution in [0.15, 0.2) is 41.5 Å². The van der Waals surface area contributed by atoms with Gasteiger partial charge in [0, 0.05) is 24.6 Å². The number of benzene rings is 1. The number of Topliss-reactive ketones (excluding diaryl/α,β-unsaturated/α-hetero) is 1. The molecule has 2 aromatic heterocycles. The quantitative estimate of drug-likeness (QED) is 0.517. The minimum atomic E-state index is -3.81. The maximum atomic E-state index is 14.9. The molecule has 0 saturated heterocycles. The van der Waals surface area contributed by atoms with Crippen LogP contribution < -0.4 is 10.5 Å². The molecule has 188 valence electrons. The van der Waals surface area contributed by atoms with E-state index in [9.17, 15) is 17.6 Å². The van der Waals surface area contributed by atoms with Gasteiger partial charge in [-0.2, -0.15) is 0 Å². The molecule has 1 saturated carbocycles. The molecular formula is C25H24ClFN4O4S. The molecule has 2 aliphatic heterocycles. The van der Waals surface area contributed by atoms with Crippen molar-refractivity contribution in [3.05, 3.63) is 64.1 Å². The first kappa shape index (κ1) is 23.4. The van der Waals surface area contributed by atoms with Gasteiger partial charge in [0.2, 0.25) is 0 Å². The van der Waals surface area contributed by atoms with Crippen LogP contribution in [0.1, 0.15) is 46.6 Å². The van der Waals surface area contributed by atoms with Gasteiger partial charge in [-0.25, -0.2) is 17.8 Å². The first-order chi connectivity index (χ1) is 17.1. The fraction of sp³-hybridized carbons (Fsp3) is 0.400. The lowest BCUT2D eigenvalue weighted by molar-refractivity contribution is 0.0988. The van der Waals surface area contributed by atoms with E-state index in [0.717, 1.165) is 0 Å². The van der Waals surface area contributed by atoms with Gasteiger partial charge in [0.05, 0.1) is 22.6 Å². The topological polar surface area (TPSA) is 116 Å². The van der Waals surface area contributed by atoms with E-state index in [1.54, 1.807) is 47.9 Å². The monoisotopic (exact) mass is 530 g/mol. The largest absolute Gasteiger partial charge is 0.493 e. The Hall–Kier alpha value is -2.98. The summed E-state index contributed by atoms with van der Waals surface area (Å²) in [6.45, 7) is 0.856. The maximum absolute atomic E-state index is 14.9. The summed E-state index contributed by atoms with van der Waals surface area (Å²) < 4.78 is 48.6. The number of halogens is 2. The lowest BCUT2D eigenvalue weighted by Crippen LogP contribution is -2.58. The van der Waals surface area contributed by atoms with Crippen molar-refractivity contribution >= 4 is 38.7 Å². The smallest absolute Gasteiger partial charge is 0.187 e. The summed E-state index contributed by atoms with van der Waals surface area (Å²) in [7, 11) is -3.81. The van der Waals surface area contributed by atoms with Crippen molar-refractivity contribution in [1.29, 1.82) is 0 Å². The third-order valence-corrected chi connectivity index (χ3v) is 11.0. The summed E-state index contributed by atoms with van der Waals surface area (Å²) in [6, 6.07) is 8.43. The summed E-state index contributed by atoms with van der Waals surface area (Å²) in [5.41, 5.74) is 6.90. The van der Waals surface area contributed by atoms with Gasteiger partial charge in [-0.3, -0.25) is 9.79 Å². The Labute approximate surface area is 212 Å². The van der Waals surface area contributed by atoms with Crippen LogP contribution in [0.4, 0.5) is 4.39 Å². The molecule has 0 bridgehead atoms. The number of carbonyl (C=O) groups is 1. The number of nitrogens with zero attached hydrogens (tertiary/aromatic N) is 3. The number of hydrogen-bond acceptors (Lipinski definition) is 7. The number of fused-ring (bicyclic) bond motifs is 4. The van der Waals surface area contributed by atoms with Gasteiger partial charge in [0.15, 0.2) is 15.6 Å². The molecule has 1 spiro atoms. The average molecular weight is 531 g/mol. The molecule has 1 fully saturated rings. The van der Waals surface area contributed by atoms with Crippen molar-refractivity contribution in [3.8, 4) is 5.75 Å². The van der Waals surface area contributed by atoms with E-state index in [4.69, 9.17) is 22.1 Å². The van der Waals surface area contributed by atoms with Gasteiger partial charge < -0.3 is 14.9 Å². The molecule has 0 radical (unpaired) electrons. The minimum Gasteiger partial charge on any atom is -0.493 e. The van der Waals surface area contributed by atoms with Gasteiger partial charge in [0.1, 0.15) is 39.9 Å². The Morgan fingerprint density at radius 2 is 2.08 bits per heavy atom. The van der Waals surface area contributed by atoms with E-state index in [-0.39, 0.29) is 31.1 Å². The van der Waals surface area contributed by atoms with Crippen LogP contribution in [-0.2, 0) is 21.8 Å². The standard InChI is InChI=1S/C25H24ClFN4O4S/c1-14-22(29-21-5-3-16(26)12-31(14)21)18(32)11-15-2-4-19-17(10-15)25(13-27)20(6-9-35-19)36(33,34)24(7-8-24)23(28)30-25/h2-5,10,12,20H,6-9,11,13H2,1H3,(H2,28,30). The number of pyridine rings is 1. The number of rotatable bonds is 4. The SMILES string of the molecule is Cc1c(C(=O)Cc2ccc3c(c2)C2(CF)N=C(N)C4(CC4)S(=O)(=O)C2CCO3)nc2ccc(Cl)cn12. The van der Waals surface area contributed by atoms with Gasteiger partial charge >= 0.3 is 0 Å². The lowest BCUT2D eigenvalue weighted by atomic mass is 9.84. The lowest BCUT2D eigenvalue weighted by Gasteiger charge is -2.41. The molecule has 2 atom stereocenters. The molecule has 1 aliphatic carbocycles. The van der Waals surface area contributed by atoms with Gasteiger partial charge in [0.25, 0.3) is 0 Å². The molecule has 11 heteroatoms. The molecule has 3 aromatic rings. The van der Waals surface area contributed by atoms with Crippen molar-refractivity contribution < 1.29 is 22.3 Å². The second kappa shape index (κ2) is 7.76. The highest BCUT2D eigenvalue weighted by Crippen LogP contribution is 2.56.